The normalized spacial score (nSPS) is 11.1. The minimum Gasteiger partial charge on any atom is -0.211 e. The van der Waals surface area contributed by atoms with E-state index in [1.54, 1.807) is 11.3 Å². The second-order valence-corrected chi connectivity index (χ2v) is 5.03. The fourth-order valence-electron chi connectivity index (χ4n) is 1.18. The molecule has 2 aromatic rings. The van der Waals surface area contributed by atoms with Gasteiger partial charge in [-0.2, -0.15) is 0 Å². The van der Waals surface area contributed by atoms with Crippen molar-refractivity contribution >= 4 is 44.9 Å². The van der Waals surface area contributed by atoms with E-state index in [1.165, 1.54) is 16.6 Å². The van der Waals surface area contributed by atoms with Gasteiger partial charge in [0.2, 0.25) is 0 Å². The Kier molecular flexibility index (Phi) is 2.95. The molecular formula is C9H9ClN2S2. The predicted octanol–water partition coefficient (Wildman–Crippen LogP) is 3.63. The van der Waals surface area contributed by atoms with E-state index in [4.69, 9.17) is 11.6 Å². The molecule has 0 atom stereocenters. The third kappa shape index (κ3) is 1.74. The molecule has 0 aliphatic heterocycles. The number of thioether (sulfide) groups is 1. The summed E-state index contributed by atoms with van der Waals surface area (Å²) in [5.74, 6) is 0. The zero-order chi connectivity index (χ0) is 10.1. The molecule has 0 fully saturated rings. The molecule has 14 heavy (non-hydrogen) atoms. The minimum atomic E-state index is 0.565. The van der Waals surface area contributed by atoms with Crippen molar-refractivity contribution in [3.8, 4) is 0 Å². The van der Waals surface area contributed by atoms with E-state index in [1.807, 2.05) is 6.26 Å². The van der Waals surface area contributed by atoms with Crippen LogP contribution in [0.5, 0.6) is 0 Å². The molecule has 0 aliphatic carbocycles. The summed E-state index contributed by atoms with van der Waals surface area (Å²) in [6.07, 6.45) is 2.97. The number of nitrogens with zero attached hydrogens (tertiary/aromatic N) is 2. The zero-order valence-corrected chi connectivity index (χ0v) is 10.3. The standard InChI is InChI=1S/C9H9ClN2S2/c1-3-5-4-6-7(10)11-9(13-2)12-8(6)14-5/h4H,3H2,1-2H3. The van der Waals surface area contributed by atoms with Crippen LogP contribution in [0.1, 0.15) is 11.8 Å². The number of thiophene rings is 1. The lowest BCUT2D eigenvalue weighted by atomic mass is 10.3. The van der Waals surface area contributed by atoms with Gasteiger partial charge in [0, 0.05) is 10.3 Å². The van der Waals surface area contributed by atoms with Crippen LogP contribution in [0.3, 0.4) is 0 Å². The Morgan fingerprint density at radius 3 is 2.93 bits per heavy atom. The fraction of sp³-hybridized carbons (Fsp3) is 0.333. The van der Waals surface area contributed by atoms with Crippen LogP contribution >= 0.6 is 34.7 Å². The number of hydrogen-bond acceptors (Lipinski definition) is 4. The van der Waals surface area contributed by atoms with Crippen molar-refractivity contribution in [2.24, 2.45) is 0 Å². The third-order valence-electron chi connectivity index (χ3n) is 1.91. The Hall–Kier alpha value is -0.320. The first-order valence-electron chi connectivity index (χ1n) is 4.24. The number of halogens is 1. The van der Waals surface area contributed by atoms with Gasteiger partial charge < -0.3 is 0 Å². The van der Waals surface area contributed by atoms with Gasteiger partial charge in [-0.15, -0.1) is 11.3 Å². The van der Waals surface area contributed by atoms with Crippen LogP contribution in [-0.2, 0) is 6.42 Å². The Balaban J connectivity index is 2.67. The minimum absolute atomic E-state index is 0.565. The smallest absolute Gasteiger partial charge is 0.190 e. The largest absolute Gasteiger partial charge is 0.211 e. The van der Waals surface area contributed by atoms with Gasteiger partial charge >= 0.3 is 0 Å². The van der Waals surface area contributed by atoms with Crippen molar-refractivity contribution < 1.29 is 0 Å². The molecule has 0 N–H and O–H groups in total. The maximum absolute atomic E-state index is 6.05. The van der Waals surface area contributed by atoms with Crippen molar-refractivity contribution in [1.29, 1.82) is 0 Å². The van der Waals surface area contributed by atoms with Gasteiger partial charge in [0.25, 0.3) is 0 Å². The lowest BCUT2D eigenvalue weighted by Gasteiger charge is -1.95. The third-order valence-corrected chi connectivity index (χ3v) is 3.92. The Morgan fingerprint density at radius 1 is 1.50 bits per heavy atom. The molecule has 0 saturated carbocycles. The lowest BCUT2D eigenvalue weighted by molar-refractivity contribution is 1.01. The van der Waals surface area contributed by atoms with Gasteiger partial charge in [0.15, 0.2) is 5.16 Å². The second-order valence-electron chi connectivity index (χ2n) is 2.79. The summed E-state index contributed by atoms with van der Waals surface area (Å²) in [5.41, 5.74) is 0. The van der Waals surface area contributed by atoms with Crippen LogP contribution in [0.4, 0.5) is 0 Å². The molecular weight excluding hydrogens is 236 g/mol. The molecule has 2 heterocycles. The maximum Gasteiger partial charge on any atom is 0.190 e. The van der Waals surface area contributed by atoms with Crippen LogP contribution in [0.25, 0.3) is 10.2 Å². The molecule has 2 aromatic heterocycles. The van der Waals surface area contributed by atoms with Crippen LogP contribution < -0.4 is 0 Å². The molecule has 2 nitrogen and oxygen atoms in total. The maximum atomic E-state index is 6.05. The first kappa shape index (κ1) is 10.2. The molecule has 0 unspecified atom stereocenters. The molecule has 0 radical (unpaired) electrons. The van der Waals surface area contributed by atoms with Crippen LogP contribution in [0.15, 0.2) is 11.2 Å². The first-order chi connectivity index (χ1) is 6.74. The number of hydrogen-bond donors (Lipinski definition) is 0. The molecule has 0 bridgehead atoms. The average molecular weight is 245 g/mol. The van der Waals surface area contributed by atoms with E-state index in [2.05, 4.69) is 23.0 Å². The summed E-state index contributed by atoms with van der Waals surface area (Å²) >= 11 is 9.26. The van der Waals surface area contributed by atoms with Crippen LogP contribution in [0.2, 0.25) is 5.15 Å². The molecule has 2 rings (SSSR count). The van der Waals surface area contributed by atoms with Gasteiger partial charge in [0.05, 0.1) is 0 Å². The highest BCUT2D eigenvalue weighted by atomic mass is 35.5. The number of aromatic nitrogens is 2. The number of aryl methyl sites for hydroxylation is 1. The summed E-state index contributed by atoms with van der Waals surface area (Å²) in [6, 6.07) is 2.08. The van der Waals surface area contributed by atoms with Gasteiger partial charge in [-0.1, -0.05) is 30.3 Å². The van der Waals surface area contributed by atoms with Crippen molar-refractivity contribution in [1.82, 2.24) is 9.97 Å². The van der Waals surface area contributed by atoms with Crippen LogP contribution in [0, 0.1) is 0 Å². The molecule has 5 heteroatoms. The highest BCUT2D eigenvalue weighted by molar-refractivity contribution is 7.98. The number of fused-ring (bicyclic) bond motifs is 1. The van der Waals surface area contributed by atoms with Crippen molar-refractivity contribution in [2.45, 2.75) is 18.5 Å². The van der Waals surface area contributed by atoms with Crippen molar-refractivity contribution in [3.05, 3.63) is 16.1 Å². The van der Waals surface area contributed by atoms with Gasteiger partial charge in [-0.25, -0.2) is 9.97 Å². The SMILES string of the molecule is CCc1cc2c(Cl)nc(SC)nc2s1. The lowest BCUT2D eigenvalue weighted by Crippen LogP contribution is -1.85. The first-order valence-corrected chi connectivity index (χ1v) is 6.66. The molecule has 0 aliphatic rings. The highest BCUT2D eigenvalue weighted by Gasteiger charge is 2.08. The van der Waals surface area contributed by atoms with Crippen molar-refractivity contribution in [2.75, 3.05) is 6.26 Å². The number of rotatable bonds is 2. The van der Waals surface area contributed by atoms with E-state index in [0.717, 1.165) is 21.8 Å². The van der Waals surface area contributed by atoms with Gasteiger partial charge in [0.1, 0.15) is 9.98 Å². The second kappa shape index (κ2) is 4.04. The molecule has 0 aromatic carbocycles. The topological polar surface area (TPSA) is 25.8 Å². The van der Waals surface area contributed by atoms with Gasteiger partial charge in [-0.3, -0.25) is 0 Å². The van der Waals surface area contributed by atoms with E-state index < -0.39 is 0 Å². The summed E-state index contributed by atoms with van der Waals surface area (Å²) in [6.45, 7) is 2.13. The summed E-state index contributed by atoms with van der Waals surface area (Å²) in [7, 11) is 0. The molecule has 0 spiro atoms. The van der Waals surface area contributed by atoms with Crippen molar-refractivity contribution in [3.63, 3.8) is 0 Å². The van der Waals surface area contributed by atoms with E-state index >= 15 is 0 Å². The average Bonchev–Trinajstić information content (AvgIpc) is 2.61. The Labute approximate surface area is 95.7 Å². The van der Waals surface area contributed by atoms with Gasteiger partial charge in [-0.05, 0) is 18.7 Å². The van der Waals surface area contributed by atoms with Crippen LogP contribution in [-0.4, -0.2) is 16.2 Å². The van der Waals surface area contributed by atoms with E-state index in [-0.39, 0.29) is 0 Å². The fourth-order valence-corrected chi connectivity index (χ4v) is 2.90. The Bertz CT molecular complexity index is 467. The monoisotopic (exact) mass is 244 g/mol. The molecule has 0 amide bonds. The predicted molar refractivity (Wildman–Crippen MR) is 63.6 cm³/mol. The van der Waals surface area contributed by atoms with E-state index in [0.29, 0.717) is 5.15 Å². The highest BCUT2D eigenvalue weighted by Crippen LogP contribution is 2.30. The summed E-state index contributed by atoms with van der Waals surface area (Å²) < 4.78 is 0. The Morgan fingerprint density at radius 2 is 2.29 bits per heavy atom. The summed E-state index contributed by atoms with van der Waals surface area (Å²) in [4.78, 5) is 10.9. The molecule has 74 valence electrons. The van der Waals surface area contributed by atoms with E-state index in [9.17, 15) is 0 Å². The molecule has 0 saturated heterocycles. The summed E-state index contributed by atoms with van der Waals surface area (Å²) in [5, 5.41) is 2.29. The quantitative estimate of drug-likeness (QED) is 0.458. The zero-order valence-electron chi connectivity index (χ0n) is 7.87.